The minimum atomic E-state index is -0.394. The van der Waals surface area contributed by atoms with Gasteiger partial charge in [-0.15, -0.1) is 5.10 Å². The molecule has 1 aromatic heterocycles. The average Bonchev–Trinajstić information content (AvgIpc) is 3.12. The van der Waals surface area contributed by atoms with Crippen molar-refractivity contribution in [1.29, 1.82) is 0 Å². The van der Waals surface area contributed by atoms with Gasteiger partial charge >= 0.3 is 11.7 Å². The van der Waals surface area contributed by atoms with Gasteiger partial charge in [-0.05, 0) is 43.3 Å². The molecule has 4 aromatic rings. The average molecular weight is 385 g/mol. The number of esters is 1. The molecular formula is C23H19N3O3. The maximum absolute atomic E-state index is 13.3. The number of ether oxygens (including phenoxy) is 1. The van der Waals surface area contributed by atoms with Crippen molar-refractivity contribution < 1.29 is 9.53 Å². The summed E-state index contributed by atoms with van der Waals surface area (Å²) in [5, 5.41) is 4.59. The van der Waals surface area contributed by atoms with Crippen molar-refractivity contribution in [3.05, 3.63) is 101 Å². The van der Waals surface area contributed by atoms with Gasteiger partial charge in [-0.1, -0.05) is 48.5 Å². The van der Waals surface area contributed by atoms with Crippen molar-refractivity contribution in [3.8, 4) is 22.8 Å². The first-order valence-electron chi connectivity index (χ1n) is 9.29. The summed E-state index contributed by atoms with van der Waals surface area (Å²) in [4.78, 5) is 25.2. The van der Waals surface area contributed by atoms with Crippen LogP contribution in [0.5, 0.6) is 0 Å². The molecule has 0 bridgehead atoms. The van der Waals surface area contributed by atoms with Crippen LogP contribution in [0.3, 0.4) is 0 Å². The van der Waals surface area contributed by atoms with Gasteiger partial charge in [0, 0.05) is 5.56 Å². The minimum absolute atomic E-state index is 0.293. The molecule has 1 heterocycles. The summed E-state index contributed by atoms with van der Waals surface area (Å²) in [6.45, 7) is 2.07. The molecule has 6 heteroatoms. The van der Waals surface area contributed by atoms with Crippen molar-refractivity contribution in [2.24, 2.45) is 0 Å². The molecule has 0 saturated carbocycles. The molecular weight excluding hydrogens is 366 g/mol. The van der Waals surface area contributed by atoms with E-state index in [0.717, 1.165) is 5.56 Å². The zero-order valence-corrected chi connectivity index (χ0v) is 15.9. The molecule has 0 saturated heterocycles. The highest BCUT2D eigenvalue weighted by molar-refractivity contribution is 5.89. The first kappa shape index (κ1) is 18.4. The Labute approximate surface area is 167 Å². The standard InChI is InChI=1S/C23H19N3O3/c1-2-29-22(27)18-13-15-19(16-14-18)25-21(17-9-5-3-6-10-17)24-26(23(25)28)20-11-7-4-8-12-20/h3-16H,2H2,1H3. The third-order valence-electron chi connectivity index (χ3n) is 4.45. The number of carbonyl (C=O) groups excluding carboxylic acids is 1. The van der Waals surface area contributed by atoms with Crippen LogP contribution in [-0.4, -0.2) is 26.9 Å². The molecule has 144 valence electrons. The van der Waals surface area contributed by atoms with Crippen LogP contribution >= 0.6 is 0 Å². The van der Waals surface area contributed by atoms with E-state index in [1.807, 2.05) is 60.7 Å². The van der Waals surface area contributed by atoms with Crippen LogP contribution in [0.2, 0.25) is 0 Å². The number of nitrogens with zero attached hydrogens (tertiary/aromatic N) is 3. The Morgan fingerprint density at radius 2 is 1.48 bits per heavy atom. The highest BCUT2D eigenvalue weighted by Gasteiger charge is 2.18. The maximum atomic E-state index is 13.3. The van der Waals surface area contributed by atoms with E-state index in [4.69, 9.17) is 4.74 Å². The van der Waals surface area contributed by atoms with Crippen molar-refractivity contribution in [2.45, 2.75) is 6.92 Å². The van der Waals surface area contributed by atoms with Crippen molar-refractivity contribution >= 4 is 5.97 Å². The number of hydrogen-bond acceptors (Lipinski definition) is 4. The Bertz CT molecular complexity index is 1180. The Balaban J connectivity index is 1.87. The fourth-order valence-corrected chi connectivity index (χ4v) is 3.07. The van der Waals surface area contributed by atoms with E-state index in [1.54, 1.807) is 31.2 Å². The molecule has 0 aliphatic rings. The van der Waals surface area contributed by atoms with Gasteiger partial charge in [0.25, 0.3) is 0 Å². The molecule has 0 unspecified atom stereocenters. The van der Waals surface area contributed by atoms with Crippen LogP contribution in [0.1, 0.15) is 17.3 Å². The first-order chi connectivity index (χ1) is 14.2. The van der Waals surface area contributed by atoms with Gasteiger partial charge < -0.3 is 4.74 Å². The summed E-state index contributed by atoms with van der Waals surface area (Å²) in [5.74, 6) is 0.123. The predicted octanol–water partition coefficient (Wildman–Crippen LogP) is 3.87. The summed E-state index contributed by atoms with van der Waals surface area (Å²) in [5.41, 5.74) is 2.24. The van der Waals surface area contributed by atoms with E-state index in [-0.39, 0.29) is 5.69 Å². The lowest BCUT2D eigenvalue weighted by molar-refractivity contribution is 0.0526. The largest absolute Gasteiger partial charge is 0.462 e. The Kier molecular flexibility index (Phi) is 5.07. The first-order valence-corrected chi connectivity index (χ1v) is 9.29. The van der Waals surface area contributed by atoms with Crippen LogP contribution in [0.25, 0.3) is 22.8 Å². The SMILES string of the molecule is CCOC(=O)c1ccc(-n2c(-c3ccccc3)nn(-c3ccccc3)c2=O)cc1. The van der Waals surface area contributed by atoms with Gasteiger partial charge in [-0.25, -0.2) is 14.2 Å². The van der Waals surface area contributed by atoms with E-state index in [0.29, 0.717) is 29.4 Å². The van der Waals surface area contributed by atoms with Gasteiger partial charge in [-0.3, -0.25) is 0 Å². The van der Waals surface area contributed by atoms with E-state index in [9.17, 15) is 9.59 Å². The monoisotopic (exact) mass is 385 g/mol. The molecule has 0 fully saturated rings. The van der Waals surface area contributed by atoms with Crippen molar-refractivity contribution in [3.63, 3.8) is 0 Å². The molecule has 0 N–H and O–H groups in total. The maximum Gasteiger partial charge on any atom is 0.355 e. The third-order valence-corrected chi connectivity index (χ3v) is 4.45. The fourth-order valence-electron chi connectivity index (χ4n) is 3.07. The second kappa shape index (κ2) is 7.98. The van der Waals surface area contributed by atoms with Crippen LogP contribution in [0.15, 0.2) is 89.7 Å². The quantitative estimate of drug-likeness (QED) is 0.489. The van der Waals surface area contributed by atoms with Crippen LogP contribution in [0, 0.1) is 0 Å². The molecule has 29 heavy (non-hydrogen) atoms. The number of benzene rings is 3. The van der Waals surface area contributed by atoms with Crippen molar-refractivity contribution in [1.82, 2.24) is 14.3 Å². The predicted molar refractivity (Wildman–Crippen MR) is 111 cm³/mol. The van der Waals surface area contributed by atoms with E-state index in [1.165, 1.54) is 9.25 Å². The van der Waals surface area contributed by atoms with E-state index >= 15 is 0 Å². The van der Waals surface area contributed by atoms with Gasteiger partial charge in [0.1, 0.15) is 0 Å². The third kappa shape index (κ3) is 3.60. The second-order valence-corrected chi connectivity index (χ2v) is 6.32. The van der Waals surface area contributed by atoms with Gasteiger partial charge in [-0.2, -0.15) is 4.68 Å². The smallest absolute Gasteiger partial charge is 0.355 e. The lowest BCUT2D eigenvalue weighted by atomic mass is 10.2. The lowest BCUT2D eigenvalue weighted by Crippen LogP contribution is -2.23. The molecule has 0 aliphatic carbocycles. The van der Waals surface area contributed by atoms with Gasteiger partial charge in [0.2, 0.25) is 0 Å². The van der Waals surface area contributed by atoms with Gasteiger partial charge in [0.15, 0.2) is 5.82 Å². The number of hydrogen-bond donors (Lipinski definition) is 0. The highest BCUT2D eigenvalue weighted by atomic mass is 16.5. The Morgan fingerprint density at radius 3 is 2.10 bits per heavy atom. The van der Waals surface area contributed by atoms with E-state index < -0.39 is 5.97 Å². The fraction of sp³-hybridized carbons (Fsp3) is 0.0870. The van der Waals surface area contributed by atoms with E-state index in [2.05, 4.69) is 5.10 Å². The molecule has 3 aromatic carbocycles. The molecule has 0 atom stereocenters. The number of aromatic nitrogens is 3. The second-order valence-electron chi connectivity index (χ2n) is 6.32. The van der Waals surface area contributed by atoms with Crippen molar-refractivity contribution in [2.75, 3.05) is 6.61 Å². The summed E-state index contributed by atoms with van der Waals surface area (Å²) in [6.07, 6.45) is 0. The summed E-state index contributed by atoms with van der Waals surface area (Å²) >= 11 is 0. The minimum Gasteiger partial charge on any atom is -0.462 e. The van der Waals surface area contributed by atoms with Crippen LogP contribution < -0.4 is 5.69 Å². The highest BCUT2D eigenvalue weighted by Crippen LogP contribution is 2.21. The van der Waals surface area contributed by atoms with Gasteiger partial charge in [0.05, 0.1) is 23.5 Å². The topological polar surface area (TPSA) is 66.1 Å². The summed E-state index contributed by atoms with van der Waals surface area (Å²) < 4.78 is 7.94. The molecule has 6 nitrogen and oxygen atoms in total. The molecule has 0 radical (unpaired) electrons. The number of rotatable bonds is 5. The normalized spacial score (nSPS) is 10.7. The molecule has 0 aliphatic heterocycles. The zero-order chi connectivity index (χ0) is 20.2. The summed E-state index contributed by atoms with van der Waals surface area (Å²) in [7, 11) is 0. The Morgan fingerprint density at radius 1 is 0.862 bits per heavy atom. The Hall–Kier alpha value is -3.93. The number of carbonyl (C=O) groups is 1. The molecule has 4 rings (SSSR count). The number of para-hydroxylation sites is 1. The summed E-state index contributed by atoms with van der Waals surface area (Å²) in [6, 6.07) is 25.5. The van der Waals surface area contributed by atoms with Crippen LogP contribution in [0.4, 0.5) is 0 Å². The zero-order valence-electron chi connectivity index (χ0n) is 15.9. The molecule has 0 amide bonds. The lowest BCUT2D eigenvalue weighted by Gasteiger charge is -2.07. The molecule has 0 spiro atoms. The van der Waals surface area contributed by atoms with Crippen LogP contribution in [-0.2, 0) is 4.74 Å².